The lowest BCUT2D eigenvalue weighted by molar-refractivity contribution is -0.139. The highest BCUT2D eigenvalue weighted by atomic mass is 35.5. The first-order valence-electron chi connectivity index (χ1n) is 11.0. The summed E-state index contributed by atoms with van der Waals surface area (Å²) in [6.45, 7) is 0.121. The van der Waals surface area contributed by atoms with Crippen molar-refractivity contribution in [2.24, 2.45) is 0 Å². The summed E-state index contributed by atoms with van der Waals surface area (Å²) in [5.41, 5.74) is 5.24. The third-order valence-corrected chi connectivity index (χ3v) is 6.65. The maximum atomic E-state index is 12.6. The molecule has 2 N–H and O–H groups in total. The Morgan fingerprint density at radius 3 is 2.09 bits per heavy atom. The van der Waals surface area contributed by atoms with Gasteiger partial charge in [0.15, 0.2) is 0 Å². The average Bonchev–Trinajstić information content (AvgIpc) is 3.18. The smallest absolute Gasteiger partial charge is 0.407 e. The summed E-state index contributed by atoms with van der Waals surface area (Å²) in [6, 6.07) is 26.0. The molecule has 0 unspecified atom stereocenters. The molecule has 6 heteroatoms. The van der Waals surface area contributed by atoms with Crippen LogP contribution in [0.3, 0.4) is 0 Å². The fourth-order valence-corrected chi connectivity index (χ4v) is 4.93. The van der Waals surface area contributed by atoms with Gasteiger partial charge in [-0.2, -0.15) is 0 Å². The first-order chi connectivity index (χ1) is 16.5. The van der Waals surface area contributed by atoms with Crippen LogP contribution in [-0.4, -0.2) is 29.8 Å². The van der Waals surface area contributed by atoms with E-state index < -0.39 is 18.1 Å². The molecule has 0 radical (unpaired) electrons. The van der Waals surface area contributed by atoms with Crippen LogP contribution in [0, 0.1) is 0 Å². The summed E-state index contributed by atoms with van der Waals surface area (Å²) >= 11 is 6.28. The van der Waals surface area contributed by atoms with Crippen LogP contribution >= 0.6 is 11.6 Å². The number of alkyl carbamates (subject to hydrolysis) is 1. The molecule has 170 valence electrons. The maximum absolute atomic E-state index is 12.6. The zero-order chi connectivity index (χ0) is 23.7. The van der Waals surface area contributed by atoms with E-state index in [2.05, 4.69) is 17.4 Å². The fraction of sp³-hybridized carbons (Fsp3) is 0.143. The van der Waals surface area contributed by atoms with Gasteiger partial charge in [-0.25, -0.2) is 9.59 Å². The zero-order valence-electron chi connectivity index (χ0n) is 18.2. The maximum Gasteiger partial charge on any atom is 0.407 e. The minimum Gasteiger partial charge on any atom is -0.480 e. The number of rotatable bonds is 6. The Balaban J connectivity index is 1.30. The second-order valence-corrected chi connectivity index (χ2v) is 8.72. The normalized spacial score (nSPS) is 13.2. The summed E-state index contributed by atoms with van der Waals surface area (Å²) in [6.07, 6.45) is -0.649. The number of hydrogen-bond donors (Lipinski definition) is 2. The van der Waals surface area contributed by atoms with Gasteiger partial charge in [0.05, 0.1) is 0 Å². The molecule has 5 nitrogen and oxygen atoms in total. The minimum atomic E-state index is -1.14. The number of aliphatic carboxylic acids is 1. The molecule has 1 amide bonds. The van der Waals surface area contributed by atoms with Crippen molar-refractivity contribution in [3.63, 3.8) is 0 Å². The van der Waals surface area contributed by atoms with Gasteiger partial charge in [-0.15, -0.1) is 0 Å². The number of halogens is 1. The van der Waals surface area contributed by atoms with Gasteiger partial charge in [0.25, 0.3) is 0 Å². The SMILES string of the molecule is O=C(N[C@@H](Cc1ccc(Cl)c2ccccc12)C(=O)O)OCC1c2ccccc2-c2ccccc21. The van der Waals surface area contributed by atoms with Crippen LogP contribution in [0.25, 0.3) is 21.9 Å². The quantitative estimate of drug-likeness (QED) is 0.360. The molecule has 1 aliphatic rings. The van der Waals surface area contributed by atoms with Crippen molar-refractivity contribution in [2.75, 3.05) is 6.61 Å². The number of nitrogens with one attached hydrogen (secondary N) is 1. The Labute approximate surface area is 201 Å². The summed E-state index contributed by atoms with van der Waals surface area (Å²) in [5, 5.41) is 14.6. The molecule has 0 heterocycles. The van der Waals surface area contributed by atoms with Crippen molar-refractivity contribution >= 4 is 34.4 Å². The van der Waals surface area contributed by atoms with Gasteiger partial charge >= 0.3 is 12.1 Å². The summed E-state index contributed by atoms with van der Waals surface area (Å²) < 4.78 is 5.53. The number of carboxylic acids is 1. The molecule has 1 aliphatic carbocycles. The lowest BCUT2D eigenvalue weighted by Gasteiger charge is -2.18. The Morgan fingerprint density at radius 1 is 0.853 bits per heavy atom. The van der Waals surface area contributed by atoms with Crippen molar-refractivity contribution in [1.29, 1.82) is 0 Å². The van der Waals surface area contributed by atoms with Crippen LogP contribution in [0.5, 0.6) is 0 Å². The summed E-state index contributed by atoms with van der Waals surface area (Å²) in [4.78, 5) is 24.6. The Morgan fingerprint density at radius 2 is 1.44 bits per heavy atom. The molecule has 5 rings (SSSR count). The molecule has 4 aromatic rings. The van der Waals surface area contributed by atoms with Crippen molar-refractivity contribution in [2.45, 2.75) is 18.4 Å². The van der Waals surface area contributed by atoms with Gasteiger partial charge < -0.3 is 15.2 Å². The third kappa shape index (κ3) is 4.11. The van der Waals surface area contributed by atoms with E-state index in [9.17, 15) is 14.7 Å². The average molecular weight is 472 g/mol. The predicted octanol–water partition coefficient (Wildman–Crippen LogP) is 6.03. The zero-order valence-corrected chi connectivity index (χ0v) is 19.0. The second-order valence-electron chi connectivity index (χ2n) is 8.32. The number of carboxylic acid groups (broad SMARTS) is 1. The van der Waals surface area contributed by atoms with Gasteiger partial charge in [0, 0.05) is 22.7 Å². The van der Waals surface area contributed by atoms with Crippen LogP contribution in [0.2, 0.25) is 5.02 Å². The Hall–Kier alpha value is -3.83. The van der Waals surface area contributed by atoms with E-state index in [4.69, 9.17) is 16.3 Å². The van der Waals surface area contributed by atoms with E-state index in [0.717, 1.165) is 38.6 Å². The highest BCUT2D eigenvalue weighted by molar-refractivity contribution is 6.35. The molecule has 0 spiro atoms. The first kappa shape index (κ1) is 22.0. The monoisotopic (exact) mass is 471 g/mol. The molecular formula is C28H22ClNO4. The van der Waals surface area contributed by atoms with E-state index in [1.54, 1.807) is 12.1 Å². The second kappa shape index (κ2) is 9.20. The third-order valence-electron chi connectivity index (χ3n) is 6.32. The van der Waals surface area contributed by atoms with Crippen LogP contribution in [0.1, 0.15) is 22.6 Å². The van der Waals surface area contributed by atoms with E-state index in [0.29, 0.717) is 5.02 Å². The summed E-state index contributed by atoms with van der Waals surface area (Å²) in [5.74, 6) is -1.23. The molecule has 1 atom stereocenters. The number of hydrogen-bond acceptors (Lipinski definition) is 3. The highest BCUT2D eigenvalue weighted by Crippen LogP contribution is 2.44. The fourth-order valence-electron chi connectivity index (χ4n) is 4.71. The molecule has 34 heavy (non-hydrogen) atoms. The molecule has 0 aromatic heterocycles. The van der Waals surface area contributed by atoms with Crippen LogP contribution in [-0.2, 0) is 16.0 Å². The predicted molar refractivity (Wildman–Crippen MR) is 132 cm³/mol. The van der Waals surface area contributed by atoms with Gasteiger partial charge in [-0.3, -0.25) is 0 Å². The topological polar surface area (TPSA) is 75.6 Å². The summed E-state index contributed by atoms with van der Waals surface area (Å²) in [7, 11) is 0. The van der Waals surface area contributed by atoms with Gasteiger partial charge in [-0.1, -0.05) is 90.5 Å². The molecule has 0 saturated heterocycles. The molecule has 4 aromatic carbocycles. The van der Waals surface area contributed by atoms with Crippen molar-refractivity contribution in [3.05, 3.63) is 107 Å². The first-order valence-corrected chi connectivity index (χ1v) is 11.4. The van der Waals surface area contributed by atoms with E-state index in [-0.39, 0.29) is 18.9 Å². The largest absolute Gasteiger partial charge is 0.480 e. The number of benzene rings is 4. The standard InChI is InChI=1S/C28H22ClNO4/c29-25-14-13-17(18-7-1-6-12-23(18)25)15-26(27(31)32)30-28(33)34-16-24-21-10-4-2-8-19(21)20-9-3-5-11-22(20)24/h1-14,24,26H,15-16H2,(H,30,33)(H,31,32)/t26-/m0/s1. The van der Waals surface area contributed by atoms with Crippen LogP contribution < -0.4 is 5.32 Å². The highest BCUT2D eigenvalue weighted by Gasteiger charge is 2.30. The van der Waals surface area contributed by atoms with Crippen LogP contribution in [0.15, 0.2) is 84.9 Å². The lowest BCUT2D eigenvalue weighted by atomic mass is 9.98. The molecule has 0 aliphatic heterocycles. The number of amides is 1. The Kier molecular flexibility index (Phi) is 5.95. The molecule has 0 saturated carbocycles. The van der Waals surface area contributed by atoms with E-state index in [1.165, 1.54) is 0 Å². The molecule has 0 bridgehead atoms. The molecule has 0 fully saturated rings. The number of fused-ring (bicyclic) bond motifs is 4. The van der Waals surface area contributed by atoms with Crippen molar-refractivity contribution < 1.29 is 19.4 Å². The lowest BCUT2D eigenvalue weighted by Crippen LogP contribution is -2.43. The van der Waals surface area contributed by atoms with Gasteiger partial charge in [-0.05, 0) is 39.3 Å². The van der Waals surface area contributed by atoms with Crippen molar-refractivity contribution in [1.82, 2.24) is 5.32 Å². The van der Waals surface area contributed by atoms with E-state index >= 15 is 0 Å². The van der Waals surface area contributed by atoms with Crippen LogP contribution in [0.4, 0.5) is 4.79 Å². The minimum absolute atomic E-state index is 0.0957. The number of carbonyl (C=O) groups is 2. The van der Waals surface area contributed by atoms with Gasteiger partial charge in [0.1, 0.15) is 12.6 Å². The van der Waals surface area contributed by atoms with Gasteiger partial charge in [0.2, 0.25) is 0 Å². The number of ether oxygens (including phenoxy) is 1. The Bertz CT molecular complexity index is 1350. The van der Waals surface area contributed by atoms with Crippen molar-refractivity contribution in [3.8, 4) is 11.1 Å². The number of carbonyl (C=O) groups excluding carboxylic acids is 1. The van der Waals surface area contributed by atoms with E-state index in [1.807, 2.05) is 60.7 Å². The molecular weight excluding hydrogens is 450 g/mol.